The average molecular weight is 314 g/mol. The van der Waals surface area contributed by atoms with Crippen LogP contribution in [0.4, 0.5) is 4.39 Å². The van der Waals surface area contributed by atoms with E-state index in [4.69, 9.17) is 4.74 Å². The fraction of sp³-hybridized carbons (Fsp3) is 0.350. The van der Waals surface area contributed by atoms with E-state index in [0.29, 0.717) is 0 Å². The monoisotopic (exact) mass is 314 g/mol. The highest BCUT2D eigenvalue weighted by Gasteiger charge is 2.16. The van der Waals surface area contributed by atoms with Gasteiger partial charge >= 0.3 is 5.97 Å². The van der Waals surface area contributed by atoms with Crippen molar-refractivity contribution in [2.24, 2.45) is 0 Å². The molecule has 0 saturated heterocycles. The number of hydrogen-bond acceptors (Lipinski definition) is 2. The minimum atomic E-state index is -0.310. The van der Waals surface area contributed by atoms with Crippen molar-refractivity contribution in [3.8, 4) is 0 Å². The van der Waals surface area contributed by atoms with Crippen molar-refractivity contribution >= 4 is 5.97 Å². The minimum absolute atomic E-state index is 0.165. The van der Waals surface area contributed by atoms with Crippen LogP contribution in [0.3, 0.4) is 0 Å². The molecule has 0 aromatic heterocycles. The zero-order valence-electron chi connectivity index (χ0n) is 13.7. The third-order valence-corrected chi connectivity index (χ3v) is 3.95. The lowest BCUT2D eigenvalue weighted by Gasteiger charge is -2.12. The first-order chi connectivity index (χ1) is 11.1. The Kier molecular flexibility index (Phi) is 6.33. The molecule has 2 rings (SSSR count). The van der Waals surface area contributed by atoms with Gasteiger partial charge in [0.15, 0.2) is 0 Å². The Morgan fingerprint density at radius 2 is 1.65 bits per heavy atom. The van der Waals surface area contributed by atoms with Crippen molar-refractivity contribution in [3.05, 3.63) is 71.0 Å². The predicted octanol–water partition coefficient (Wildman–Crippen LogP) is 5.02. The molecule has 0 spiro atoms. The zero-order valence-corrected chi connectivity index (χ0v) is 13.7. The summed E-state index contributed by atoms with van der Waals surface area (Å²) in [7, 11) is 0. The van der Waals surface area contributed by atoms with Gasteiger partial charge in [-0.3, -0.25) is 4.79 Å². The molecule has 0 aliphatic carbocycles. The Bertz CT molecular complexity index is 617. The van der Waals surface area contributed by atoms with Crippen LogP contribution in [-0.4, -0.2) is 5.97 Å². The van der Waals surface area contributed by atoms with Crippen molar-refractivity contribution in [2.45, 2.75) is 45.6 Å². The van der Waals surface area contributed by atoms with Gasteiger partial charge in [-0.25, -0.2) is 4.39 Å². The zero-order chi connectivity index (χ0) is 16.7. The molecular formula is C20H23FO2. The molecule has 0 radical (unpaired) electrons. The molecule has 0 fully saturated rings. The standard InChI is InChI=1S/C20H23FO2/c1-3-4-5-16-6-10-18(11-7-16)15(2)20(22)23-14-17-8-12-19(21)13-9-17/h6-13,15H,3-5,14H2,1-2H3. The SMILES string of the molecule is CCCCc1ccc(C(C)C(=O)OCc2ccc(F)cc2)cc1. The Morgan fingerprint density at radius 3 is 2.26 bits per heavy atom. The van der Waals surface area contributed by atoms with Gasteiger partial charge in [0, 0.05) is 0 Å². The van der Waals surface area contributed by atoms with Crippen LogP contribution >= 0.6 is 0 Å². The molecule has 1 unspecified atom stereocenters. The lowest BCUT2D eigenvalue weighted by molar-refractivity contribution is -0.146. The summed E-state index contributed by atoms with van der Waals surface area (Å²) in [5.41, 5.74) is 3.03. The number of esters is 1. The molecule has 122 valence electrons. The van der Waals surface area contributed by atoms with Crippen LogP contribution in [0.25, 0.3) is 0 Å². The second kappa shape index (κ2) is 8.47. The van der Waals surface area contributed by atoms with E-state index >= 15 is 0 Å². The molecule has 2 aromatic rings. The average Bonchev–Trinajstić information content (AvgIpc) is 2.59. The molecule has 2 aromatic carbocycles. The fourth-order valence-corrected chi connectivity index (χ4v) is 2.35. The first kappa shape index (κ1) is 17.2. The molecular weight excluding hydrogens is 291 g/mol. The summed E-state index contributed by atoms with van der Waals surface area (Å²) >= 11 is 0. The number of halogens is 1. The highest BCUT2D eigenvalue weighted by atomic mass is 19.1. The summed E-state index contributed by atoms with van der Waals surface area (Å²) in [6.45, 7) is 4.18. The van der Waals surface area contributed by atoms with Gasteiger partial charge in [-0.2, -0.15) is 0 Å². The summed E-state index contributed by atoms with van der Waals surface area (Å²) in [5.74, 6) is -0.872. The van der Waals surface area contributed by atoms with E-state index in [1.54, 1.807) is 12.1 Å². The number of carbonyl (C=O) groups excluding carboxylic acids is 1. The molecule has 2 nitrogen and oxygen atoms in total. The van der Waals surface area contributed by atoms with Crippen molar-refractivity contribution in [1.29, 1.82) is 0 Å². The van der Waals surface area contributed by atoms with Crippen LogP contribution in [-0.2, 0) is 22.6 Å². The first-order valence-corrected chi connectivity index (χ1v) is 8.10. The molecule has 3 heteroatoms. The molecule has 23 heavy (non-hydrogen) atoms. The van der Waals surface area contributed by atoms with Gasteiger partial charge in [0.05, 0.1) is 5.92 Å². The van der Waals surface area contributed by atoms with Crippen LogP contribution < -0.4 is 0 Å². The van der Waals surface area contributed by atoms with Crippen LogP contribution in [0, 0.1) is 5.82 Å². The number of aryl methyl sites for hydroxylation is 1. The molecule has 0 heterocycles. The molecule has 0 amide bonds. The number of rotatable bonds is 7. The fourth-order valence-electron chi connectivity index (χ4n) is 2.35. The number of carbonyl (C=O) groups is 1. The number of unbranched alkanes of at least 4 members (excludes halogenated alkanes) is 1. The largest absolute Gasteiger partial charge is 0.460 e. The Morgan fingerprint density at radius 1 is 1.04 bits per heavy atom. The third-order valence-electron chi connectivity index (χ3n) is 3.95. The highest BCUT2D eigenvalue weighted by Crippen LogP contribution is 2.19. The second-order valence-corrected chi connectivity index (χ2v) is 5.80. The van der Waals surface area contributed by atoms with Crippen molar-refractivity contribution < 1.29 is 13.9 Å². The van der Waals surface area contributed by atoms with E-state index < -0.39 is 0 Å². The van der Waals surface area contributed by atoms with Crippen molar-refractivity contribution in [1.82, 2.24) is 0 Å². The van der Waals surface area contributed by atoms with Gasteiger partial charge in [0.25, 0.3) is 0 Å². The summed E-state index contributed by atoms with van der Waals surface area (Å²) in [6.07, 6.45) is 3.42. The quantitative estimate of drug-likeness (QED) is 0.671. The minimum Gasteiger partial charge on any atom is -0.460 e. The maximum atomic E-state index is 12.8. The second-order valence-electron chi connectivity index (χ2n) is 5.80. The predicted molar refractivity (Wildman–Crippen MR) is 89.7 cm³/mol. The van der Waals surface area contributed by atoms with Gasteiger partial charge in [0.1, 0.15) is 12.4 Å². The number of hydrogen-bond donors (Lipinski definition) is 0. The highest BCUT2D eigenvalue weighted by molar-refractivity contribution is 5.77. The summed E-state index contributed by atoms with van der Waals surface area (Å²) in [4.78, 5) is 12.1. The van der Waals surface area contributed by atoms with Crippen molar-refractivity contribution in [2.75, 3.05) is 0 Å². The maximum absolute atomic E-state index is 12.8. The number of ether oxygens (including phenoxy) is 1. The van der Waals surface area contributed by atoms with Crippen LogP contribution in [0.1, 0.15) is 49.3 Å². The maximum Gasteiger partial charge on any atom is 0.313 e. The lowest BCUT2D eigenvalue weighted by Crippen LogP contribution is -2.13. The van der Waals surface area contributed by atoms with E-state index in [0.717, 1.165) is 17.5 Å². The number of benzene rings is 2. The summed E-state index contributed by atoms with van der Waals surface area (Å²) < 4.78 is 18.2. The third kappa shape index (κ3) is 5.20. The van der Waals surface area contributed by atoms with E-state index in [2.05, 4.69) is 19.1 Å². The van der Waals surface area contributed by atoms with Crippen LogP contribution in [0.2, 0.25) is 0 Å². The van der Waals surface area contributed by atoms with Crippen LogP contribution in [0.15, 0.2) is 48.5 Å². The topological polar surface area (TPSA) is 26.3 Å². The van der Waals surface area contributed by atoms with Gasteiger partial charge < -0.3 is 4.74 Å². The molecule has 0 N–H and O–H groups in total. The van der Waals surface area contributed by atoms with Crippen molar-refractivity contribution in [3.63, 3.8) is 0 Å². The van der Waals surface area contributed by atoms with Gasteiger partial charge in [-0.05, 0) is 48.6 Å². The Labute approximate surface area is 137 Å². The van der Waals surface area contributed by atoms with Gasteiger partial charge in [-0.15, -0.1) is 0 Å². The van der Waals surface area contributed by atoms with E-state index in [-0.39, 0.29) is 24.3 Å². The van der Waals surface area contributed by atoms with Gasteiger partial charge in [0.2, 0.25) is 0 Å². The first-order valence-electron chi connectivity index (χ1n) is 8.10. The van der Waals surface area contributed by atoms with E-state index in [1.807, 2.05) is 19.1 Å². The summed E-state index contributed by atoms with van der Waals surface area (Å²) in [5, 5.41) is 0. The molecule has 0 bridgehead atoms. The molecule has 0 aliphatic heterocycles. The molecule has 1 atom stereocenters. The normalized spacial score (nSPS) is 12.0. The molecule has 0 aliphatic rings. The summed E-state index contributed by atoms with van der Waals surface area (Å²) in [6, 6.07) is 14.1. The Balaban J connectivity index is 1.89. The van der Waals surface area contributed by atoms with E-state index in [9.17, 15) is 9.18 Å². The van der Waals surface area contributed by atoms with E-state index in [1.165, 1.54) is 30.5 Å². The smallest absolute Gasteiger partial charge is 0.313 e. The Hall–Kier alpha value is -2.16. The van der Waals surface area contributed by atoms with Gasteiger partial charge in [-0.1, -0.05) is 49.7 Å². The van der Waals surface area contributed by atoms with Crippen LogP contribution in [0.5, 0.6) is 0 Å². The molecule has 0 saturated carbocycles. The lowest BCUT2D eigenvalue weighted by atomic mass is 9.98.